The highest BCUT2D eigenvalue weighted by Crippen LogP contribution is 2.31. The van der Waals surface area contributed by atoms with E-state index in [4.69, 9.17) is 9.47 Å². The second kappa shape index (κ2) is 8.86. The highest BCUT2D eigenvalue weighted by molar-refractivity contribution is 8.01. The molecule has 1 aromatic carbocycles. The molecule has 1 N–H and O–H groups in total. The molecule has 0 atom stereocenters. The molecule has 26 heavy (non-hydrogen) atoms. The number of benzene rings is 1. The lowest BCUT2D eigenvalue weighted by Gasteiger charge is -2.18. The van der Waals surface area contributed by atoms with Gasteiger partial charge >= 0.3 is 5.97 Å². The number of aryl methyl sites for hydroxylation is 1. The predicted molar refractivity (Wildman–Crippen MR) is 97.0 cm³/mol. The summed E-state index contributed by atoms with van der Waals surface area (Å²) in [6.07, 6.45) is 0.884. The Morgan fingerprint density at radius 2 is 2.08 bits per heavy atom. The predicted octanol–water partition coefficient (Wildman–Crippen LogP) is 2.15. The van der Waals surface area contributed by atoms with Gasteiger partial charge in [-0.2, -0.15) is 0 Å². The Hall–Kier alpha value is -2.33. The number of rotatable bonds is 7. The van der Waals surface area contributed by atoms with Gasteiger partial charge in [0.05, 0.1) is 12.9 Å². The van der Waals surface area contributed by atoms with Crippen molar-refractivity contribution in [3.63, 3.8) is 0 Å². The zero-order valence-electron chi connectivity index (χ0n) is 14.0. The number of hydrogen-bond donors (Lipinski definition) is 1. The largest absolute Gasteiger partial charge is 0.486 e. The van der Waals surface area contributed by atoms with E-state index in [-0.39, 0.29) is 17.6 Å². The highest BCUT2D eigenvalue weighted by Gasteiger charge is 2.13. The van der Waals surface area contributed by atoms with Gasteiger partial charge in [-0.15, -0.1) is 10.2 Å². The molecule has 1 aliphatic heterocycles. The van der Waals surface area contributed by atoms with Crippen LogP contribution >= 0.6 is 23.1 Å². The van der Waals surface area contributed by atoms with Crippen molar-refractivity contribution in [1.82, 2.24) is 10.2 Å². The van der Waals surface area contributed by atoms with Gasteiger partial charge in [-0.3, -0.25) is 9.59 Å². The summed E-state index contributed by atoms with van der Waals surface area (Å²) in [4.78, 5) is 23.2. The van der Waals surface area contributed by atoms with Crippen LogP contribution in [0.15, 0.2) is 22.5 Å². The van der Waals surface area contributed by atoms with Gasteiger partial charge in [-0.1, -0.05) is 29.2 Å². The van der Waals surface area contributed by atoms with Crippen LogP contribution in [0.25, 0.3) is 0 Å². The number of aromatic nitrogens is 2. The van der Waals surface area contributed by atoms with Crippen LogP contribution in [-0.2, 0) is 20.7 Å². The quantitative estimate of drug-likeness (QED) is 0.432. The van der Waals surface area contributed by atoms with Crippen molar-refractivity contribution in [2.45, 2.75) is 17.2 Å². The number of carbonyl (C=O) groups excluding carboxylic acids is 2. The van der Waals surface area contributed by atoms with Gasteiger partial charge in [-0.05, 0) is 24.1 Å². The summed E-state index contributed by atoms with van der Waals surface area (Å²) in [6, 6.07) is 5.68. The third-order valence-electron chi connectivity index (χ3n) is 3.44. The highest BCUT2D eigenvalue weighted by atomic mass is 32.2. The van der Waals surface area contributed by atoms with Crippen LogP contribution in [0.4, 0.5) is 5.13 Å². The summed E-state index contributed by atoms with van der Waals surface area (Å²) in [5.74, 6) is 1.11. The number of thioether (sulfide) groups is 1. The van der Waals surface area contributed by atoms with Gasteiger partial charge in [-0.25, -0.2) is 0 Å². The number of nitrogens with one attached hydrogen (secondary N) is 1. The molecule has 2 aromatic rings. The SMILES string of the molecule is COC(=O)CSc1nnc(NC(=O)CCc2ccc3c(c2)OCCO3)s1. The monoisotopic (exact) mass is 395 g/mol. The van der Waals surface area contributed by atoms with E-state index in [1.165, 1.54) is 30.2 Å². The number of hydrogen-bond acceptors (Lipinski definition) is 9. The average molecular weight is 395 g/mol. The molecular weight excluding hydrogens is 378 g/mol. The van der Waals surface area contributed by atoms with Gasteiger partial charge < -0.3 is 19.5 Å². The first-order chi connectivity index (χ1) is 12.6. The molecule has 10 heteroatoms. The first kappa shape index (κ1) is 18.5. The molecule has 0 saturated heterocycles. The summed E-state index contributed by atoms with van der Waals surface area (Å²) in [5, 5.41) is 10.9. The lowest BCUT2D eigenvalue weighted by Crippen LogP contribution is -2.15. The minimum atomic E-state index is -0.338. The molecule has 0 aliphatic carbocycles. The molecule has 8 nitrogen and oxygen atoms in total. The van der Waals surface area contributed by atoms with Crippen LogP contribution in [0.1, 0.15) is 12.0 Å². The Morgan fingerprint density at radius 3 is 2.88 bits per heavy atom. The first-order valence-electron chi connectivity index (χ1n) is 7.85. The molecule has 0 fully saturated rings. The second-order valence-electron chi connectivity index (χ2n) is 5.26. The number of ether oxygens (including phenoxy) is 3. The lowest BCUT2D eigenvalue weighted by molar-refractivity contribution is -0.137. The van der Waals surface area contributed by atoms with Crippen LogP contribution in [0, 0.1) is 0 Å². The fourth-order valence-corrected chi connectivity index (χ4v) is 3.78. The van der Waals surface area contributed by atoms with Gasteiger partial charge in [0.1, 0.15) is 13.2 Å². The van der Waals surface area contributed by atoms with Crippen LogP contribution in [0.3, 0.4) is 0 Å². The van der Waals surface area contributed by atoms with Crippen molar-refractivity contribution < 1.29 is 23.8 Å². The van der Waals surface area contributed by atoms with Crippen molar-refractivity contribution in [3.05, 3.63) is 23.8 Å². The maximum Gasteiger partial charge on any atom is 0.316 e. The molecule has 0 radical (unpaired) electrons. The van der Waals surface area contributed by atoms with E-state index in [1.807, 2.05) is 18.2 Å². The maximum absolute atomic E-state index is 12.1. The minimum Gasteiger partial charge on any atom is -0.486 e. The molecule has 1 aromatic heterocycles. The molecule has 2 heterocycles. The smallest absolute Gasteiger partial charge is 0.316 e. The van der Waals surface area contributed by atoms with Crippen LogP contribution in [-0.4, -0.2) is 48.2 Å². The van der Waals surface area contributed by atoms with Crippen LogP contribution < -0.4 is 14.8 Å². The third-order valence-corrected chi connectivity index (χ3v) is 5.39. The summed E-state index contributed by atoms with van der Waals surface area (Å²) < 4.78 is 16.2. The zero-order chi connectivity index (χ0) is 18.4. The second-order valence-corrected chi connectivity index (χ2v) is 7.46. The van der Waals surface area contributed by atoms with Crippen molar-refractivity contribution in [2.24, 2.45) is 0 Å². The van der Waals surface area contributed by atoms with E-state index in [0.29, 0.717) is 41.3 Å². The van der Waals surface area contributed by atoms with Crippen LogP contribution in [0.2, 0.25) is 0 Å². The molecule has 0 unspecified atom stereocenters. The van der Waals surface area contributed by atoms with Gasteiger partial charge in [0.15, 0.2) is 15.8 Å². The molecular formula is C16H17N3O5S2. The van der Waals surface area contributed by atoms with Gasteiger partial charge in [0.25, 0.3) is 0 Å². The maximum atomic E-state index is 12.1. The Morgan fingerprint density at radius 1 is 1.27 bits per heavy atom. The number of esters is 1. The summed E-state index contributed by atoms with van der Waals surface area (Å²) in [7, 11) is 1.33. The average Bonchev–Trinajstić information content (AvgIpc) is 3.11. The van der Waals surface area contributed by atoms with Crippen molar-refractivity contribution >= 4 is 40.1 Å². The first-order valence-corrected chi connectivity index (χ1v) is 9.66. The van der Waals surface area contributed by atoms with E-state index >= 15 is 0 Å². The standard InChI is InChI=1S/C16H17N3O5S2/c1-22-14(21)9-25-16-19-18-15(26-16)17-13(20)5-3-10-2-4-11-12(8-10)24-7-6-23-11/h2,4,8H,3,5-7,9H2,1H3,(H,17,18,20). The summed E-state index contributed by atoms with van der Waals surface area (Å²) in [5.41, 5.74) is 0.996. The third kappa shape index (κ3) is 5.09. The zero-order valence-corrected chi connectivity index (χ0v) is 15.7. The van der Waals surface area contributed by atoms with E-state index in [9.17, 15) is 9.59 Å². The number of fused-ring (bicyclic) bond motifs is 1. The Bertz CT molecular complexity index is 796. The number of carbonyl (C=O) groups is 2. The van der Waals surface area contributed by atoms with Gasteiger partial charge in [0.2, 0.25) is 11.0 Å². The van der Waals surface area contributed by atoms with Gasteiger partial charge in [0, 0.05) is 6.42 Å². The molecule has 1 amide bonds. The molecule has 1 aliphatic rings. The minimum absolute atomic E-state index is 0.152. The molecule has 3 rings (SSSR count). The Balaban J connectivity index is 1.47. The van der Waals surface area contributed by atoms with Crippen molar-refractivity contribution in [3.8, 4) is 11.5 Å². The summed E-state index contributed by atoms with van der Waals surface area (Å²) >= 11 is 2.44. The molecule has 138 valence electrons. The van der Waals surface area contributed by atoms with E-state index in [1.54, 1.807) is 0 Å². The van der Waals surface area contributed by atoms with E-state index in [0.717, 1.165) is 11.3 Å². The van der Waals surface area contributed by atoms with Crippen LogP contribution in [0.5, 0.6) is 11.5 Å². The normalized spacial score (nSPS) is 12.5. The Kier molecular flexibility index (Phi) is 6.29. The van der Waals surface area contributed by atoms with Crippen molar-refractivity contribution in [1.29, 1.82) is 0 Å². The number of amides is 1. The number of anilines is 1. The number of methoxy groups -OCH3 is 1. The number of nitrogens with zero attached hydrogens (tertiary/aromatic N) is 2. The topological polar surface area (TPSA) is 99.6 Å². The molecule has 0 spiro atoms. The molecule has 0 bridgehead atoms. The molecule has 0 saturated carbocycles. The lowest BCUT2D eigenvalue weighted by atomic mass is 10.1. The fraction of sp³-hybridized carbons (Fsp3) is 0.375. The summed E-state index contributed by atoms with van der Waals surface area (Å²) in [6.45, 7) is 1.08. The van der Waals surface area contributed by atoms with E-state index < -0.39 is 0 Å². The Labute approximate surface area is 158 Å². The van der Waals surface area contributed by atoms with E-state index in [2.05, 4.69) is 20.3 Å². The van der Waals surface area contributed by atoms with Crippen molar-refractivity contribution in [2.75, 3.05) is 31.4 Å². The fourth-order valence-electron chi connectivity index (χ4n) is 2.18.